The molecule has 15 heavy (non-hydrogen) atoms. The molecule has 1 aromatic heterocycles. The minimum atomic E-state index is -1.01. The Hall–Kier alpha value is -1.98. The summed E-state index contributed by atoms with van der Waals surface area (Å²) in [6.45, 7) is 1.66. The Morgan fingerprint density at radius 3 is 2.80 bits per heavy atom. The lowest BCUT2D eigenvalue weighted by molar-refractivity contribution is -0.137. The third kappa shape index (κ3) is 1.78. The summed E-state index contributed by atoms with van der Waals surface area (Å²) in [7, 11) is 0. The third-order valence-corrected chi connectivity index (χ3v) is 1.96. The molecule has 0 saturated carbocycles. The van der Waals surface area contributed by atoms with E-state index in [4.69, 9.17) is 19.0 Å². The molecule has 0 unspecified atom stereocenters. The zero-order valence-corrected chi connectivity index (χ0v) is 7.97. The predicted octanol–water partition coefficient (Wildman–Crippen LogP) is 0.992. The fourth-order valence-electron chi connectivity index (χ4n) is 1.19. The van der Waals surface area contributed by atoms with E-state index in [1.54, 1.807) is 6.92 Å². The van der Waals surface area contributed by atoms with Gasteiger partial charge in [-0.1, -0.05) is 0 Å². The van der Waals surface area contributed by atoms with Crippen LogP contribution in [-0.2, 0) is 26.5 Å². The first-order valence-corrected chi connectivity index (χ1v) is 4.27. The van der Waals surface area contributed by atoms with E-state index in [1.165, 1.54) is 18.8 Å². The molecule has 0 aromatic carbocycles. The van der Waals surface area contributed by atoms with E-state index in [9.17, 15) is 4.79 Å². The van der Waals surface area contributed by atoms with Gasteiger partial charge in [-0.15, -0.1) is 0 Å². The van der Waals surface area contributed by atoms with Crippen molar-refractivity contribution < 1.29 is 23.8 Å². The molecule has 0 fully saturated rings. The molecule has 2 heterocycles. The van der Waals surface area contributed by atoms with Crippen LogP contribution in [-0.4, -0.2) is 16.1 Å². The normalized spacial score (nSPS) is 17.1. The molecule has 80 valence electrons. The first kappa shape index (κ1) is 9.57. The van der Waals surface area contributed by atoms with E-state index in [2.05, 4.69) is 4.98 Å². The Kier molecular flexibility index (Phi) is 2.11. The summed E-state index contributed by atoms with van der Waals surface area (Å²) in [6, 6.07) is 0. The maximum Gasteiger partial charge on any atom is 0.312 e. The van der Waals surface area contributed by atoms with Crippen molar-refractivity contribution in [3.05, 3.63) is 30.4 Å². The summed E-state index contributed by atoms with van der Waals surface area (Å²) in [5.41, 5.74) is 0.406. The maximum absolute atomic E-state index is 10.4. The van der Waals surface area contributed by atoms with E-state index in [0.717, 1.165) is 0 Å². The van der Waals surface area contributed by atoms with Crippen LogP contribution in [0.25, 0.3) is 0 Å². The Morgan fingerprint density at radius 2 is 2.20 bits per heavy atom. The molecule has 2 rings (SSSR count). The molecule has 1 N–H and O–H groups in total. The van der Waals surface area contributed by atoms with Crippen LogP contribution in [0.1, 0.15) is 18.5 Å². The molecular formula is C9H9NO5. The molecule has 1 aliphatic rings. The largest absolute Gasteiger partial charge is 0.481 e. The quantitative estimate of drug-likeness (QED) is 0.802. The average molecular weight is 211 g/mol. The number of nitrogens with zero attached hydrogens (tertiary/aromatic N) is 1. The highest BCUT2D eigenvalue weighted by molar-refractivity contribution is 5.68. The van der Waals surface area contributed by atoms with Crippen molar-refractivity contribution >= 4 is 5.97 Å². The molecule has 0 aliphatic carbocycles. The Balaban J connectivity index is 2.16. The number of aromatic nitrogens is 1. The van der Waals surface area contributed by atoms with Crippen molar-refractivity contribution in [1.29, 1.82) is 0 Å². The van der Waals surface area contributed by atoms with Gasteiger partial charge in [0.25, 0.3) is 5.79 Å². The fourth-order valence-corrected chi connectivity index (χ4v) is 1.19. The smallest absolute Gasteiger partial charge is 0.312 e. The number of carboxylic acid groups (broad SMARTS) is 1. The van der Waals surface area contributed by atoms with Gasteiger partial charge < -0.3 is 19.0 Å². The SMILES string of the molecule is CC1(c2coc(CC(=O)O)n2)OC=CO1. The van der Waals surface area contributed by atoms with E-state index < -0.39 is 11.8 Å². The molecule has 0 atom stereocenters. The lowest BCUT2D eigenvalue weighted by atomic mass is 10.2. The van der Waals surface area contributed by atoms with E-state index in [-0.39, 0.29) is 12.3 Å². The van der Waals surface area contributed by atoms with Crippen LogP contribution in [0, 0.1) is 0 Å². The van der Waals surface area contributed by atoms with Gasteiger partial charge in [-0.2, -0.15) is 0 Å². The number of carboxylic acids is 1. The molecule has 0 radical (unpaired) electrons. The lowest BCUT2D eigenvalue weighted by Crippen LogP contribution is -2.22. The van der Waals surface area contributed by atoms with Crippen LogP contribution in [0.3, 0.4) is 0 Å². The molecule has 0 amide bonds. The Bertz CT molecular complexity index is 400. The first-order chi connectivity index (χ1) is 7.10. The van der Waals surface area contributed by atoms with Gasteiger partial charge in [0.15, 0.2) is 5.69 Å². The zero-order valence-electron chi connectivity index (χ0n) is 7.97. The van der Waals surface area contributed by atoms with Gasteiger partial charge in [-0.05, 0) is 0 Å². The Labute approximate surface area is 85.1 Å². The topological polar surface area (TPSA) is 81.8 Å². The van der Waals surface area contributed by atoms with Crippen LogP contribution in [0.4, 0.5) is 0 Å². The number of rotatable bonds is 3. The number of oxazole rings is 1. The van der Waals surface area contributed by atoms with Crippen LogP contribution >= 0.6 is 0 Å². The predicted molar refractivity (Wildman–Crippen MR) is 46.5 cm³/mol. The molecule has 1 aliphatic heterocycles. The molecule has 0 bridgehead atoms. The summed E-state index contributed by atoms with van der Waals surface area (Å²) in [5, 5.41) is 8.53. The molecule has 0 spiro atoms. The van der Waals surface area contributed by atoms with E-state index in [1.807, 2.05) is 0 Å². The van der Waals surface area contributed by atoms with Crippen LogP contribution in [0.5, 0.6) is 0 Å². The fraction of sp³-hybridized carbons (Fsp3) is 0.333. The summed E-state index contributed by atoms with van der Waals surface area (Å²) < 4.78 is 15.3. The molecule has 1 aromatic rings. The summed E-state index contributed by atoms with van der Waals surface area (Å²) >= 11 is 0. The lowest BCUT2D eigenvalue weighted by Gasteiger charge is -2.19. The van der Waals surface area contributed by atoms with Gasteiger partial charge >= 0.3 is 5.97 Å². The third-order valence-electron chi connectivity index (χ3n) is 1.96. The van der Waals surface area contributed by atoms with Crippen LogP contribution in [0.2, 0.25) is 0 Å². The van der Waals surface area contributed by atoms with Crippen molar-refractivity contribution in [3.8, 4) is 0 Å². The molecule has 6 nitrogen and oxygen atoms in total. The van der Waals surface area contributed by atoms with Crippen LogP contribution < -0.4 is 0 Å². The van der Waals surface area contributed by atoms with Crippen molar-refractivity contribution in [3.63, 3.8) is 0 Å². The van der Waals surface area contributed by atoms with Gasteiger partial charge in [0, 0.05) is 6.92 Å². The summed E-state index contributed by atoms with van der Waals surface area (Å²) in [6.07, 6.45) is 3.85. The number of aliphatic carboxylic acids is 1. The van der Waals surface area contributed by atoms with Gasteiger partial charge in [0.1, 0.15) is 25.2 Å². The number of ether oxygens (including phenoxy) is 2. The van der Waals surface area contributed by atoms with Crippen molar-refractivity contribution in [2.75, 3.05) is 0 Å². The molecular weight excluding hydrogens is 202 g/mol. The highest BCUT2D eigenvalue weighted by Crippen LogP contribution is 2.30. The highest BCUT2D eigenvalue weighted by atomic mass is 16.7. The number of hydrogen-bond acceptors (Lipinski definition) is 5. The molecule has 0 saturated heterocycles. The Morgan fingerprint density at radius 1 is 1.53 bits per heavy atom. The number of hydrogen-bond donors (Lipinski definition) is 1. The first-order valence-electron chi connectivity index (χ1n) is 4.27. The number of carbonyl (C=O) groups is 1. The second-order valence-corrected chi connectivity index (χ2v) is 3.15. The van der Waals surface area contributed by atoms with Crippen LogP contribution in [0.15, 0.2) is 23.2 Å². The highest BCUT2D eigenvalue weighted by Gasteiger charge is 2.35. The summed E-state index contributed by atoms with van der Waals surface area (Å²) in [5.74, 6) is -1.89. The van der Waals surface area contributed by atoms with Gasteiger partial charge in [0.2, 0.25) is 5.89 Å². The van der Waals surface area contributed by atoms with Crippen molar-refractivity contribution in [1.82, 2.24) is 4.98 Å². The minimum Gasteiger partial charge on any atom is -0.481 e. The monoisotopic (exact) mass is 211 g/mol. The van der Waals surface area contributed by atoms with Crippen molar-refractivity contribution in [2.45, 2.75) is 19.1 Å². The average Bonchev–Trinajstić information content (AvgIpc) is 2.74. The second kappa shape index (κ2) is 3.30. The van der Waals surface area contributed by atoms with E-state index >= 15 is 0 Å². The standard InChI is InChI=1S/C9H9NO5/c1-9(14-2-3-15-9)6-5-13-7(10-6)4-8(11)12/h2-3,5H,4H2,1H3,(H,11,12). The zero-order chi connectivity index (χ0) is 10.9. The van der Waals surface area contributed by atoms with Gasteiger partial charge in [-0.25, -0.2) is 4.98 Å². The van der Waals surface area contributed by atoms with Crippen molar-refractivity contribution in [2.24, 2.45) is 0 Å². The van der Waals surface area contributed by atoms with Gasteiger partial charge in [-0.3, -0.25) is 4.79 Å². The van der Waals surface area contributed by atoms with Gasteiger partial charge in [0.05, 0.1) is 0 Å². The van der Waals surface area contributed by atoms with E-state index in [0.29, 0.717) is 5.69 Å². The minimum absolute atomic E-state index is 0.123. The second-order valence-electron chi connectivity index (χ2n) is 3.15. The summed E-state index contributed by atoms with van der Waals surface area (Å²) in [4.78, 5) is 14.4. The molecule has 6 heteroatoms. The maximum atomic E-state index is 10.4.